The average Bonchev–Trinajstić information content (AvgIpc) is 2.68. The molecule has 2 atom stereocenters. The van der Waals surface area contributed by atoms with Gasteiger partial charge < -0.3 is 15.6 Å². The predicted molar refractivity (Wildman–Crippen MR) is 120 cm³/mol. The highest BCUT2D eigenvalue weighted by atomic mass is 16.5. The van der Waals surface area contributed by atoms with Crippen molar-refractivity contribution in [1.29, 1.82) is 0 Å². The van der Waals surface area contributed by atoms with Crippen molar-refractivity contribution in [2.45, 2.75) is 142 Å². The fraction of sp³-hybridized carbons (Fsp3) is 0.917. The molecule has 0 aromatic carbocycles. The molecular weight excluding hydrogens is 366 g/mol. The molecule has 0 fully saturated rings. The fourth-order valence-electron chi connectivity index (χ4n) is 3.62. The first-order valence-electron chi connectivity index (χ1n) is 12.2. The molecule has 0 aliphatic heterocycles. The largest absolute Gasteiger partial charge is 0.481 e. The zero-order valence-electron chi connectivity index (χ0n) is 19.1. The first-order chi connectivity index (χ1) is 14.0. The maximum absolute atomic E-state index is 12.1. The molecule has 0 aromatic heterocycles. The van der Waals surface area contributed by atoms with Crippen LogP contribution >= 0.6 is 0 Å². The summed E-state index contributed by atoms with van der Waals surface area (Å²) in [5.74, 6) is -1.64. The summed E-state index contributed by atoms with van der Waals surface area (Å²) in [5, 5.41) is 8.82. The van der Waals surface area contributed by atoms with Gasteiger partial charge >= 0.3 is 11.9 Å². The highest BCUT2D eigenvalue weighted by Crippen LogP contribution is 2.18. The van der Waals surface area contributed by atoms with Gasteiger partial charge in [0.25, 0.3) is 0 Å². The van der Waals surface area contributed by atoms with Crippen molar-refractivity contribution in [3.63, 3.8) is 0 Å². The summed E-state index contributed by atoms with van der Waals surface area (Å²) in [7, 11) is 0. The lowest BCUT2D eigenvalue weighted by atomic mass is 10.0. The zero-order valence-corrected chi connectivity index (χ0v) is 19.1. The van der Waals surface area contributed by atoms with Gasteiger partial charge in [0, 0.05) is 0 Å². The van der Waals surface area contributed by atoms with Crippen LogP contribution in [-0.2, 0) is 14.3 Å². The number of rotatable bonds is 21. The van der Waals surface area contributed by atoms with Crippen LogP contribution < -0.4 is 5.73 Å². The molecule has 0 aliphatic carbocycles. The normalized spacial score (nSPS) is 13.2. The highest BCUT2D eigenvalue weighted by molar-refractivity contribution is 5.81. The second kappa shape index (κ2) is 20.2. The quantitative estimate of drug-likeness (QED) is 0.168. The maximum atomic E-state index is 12.1. The molecular formula is C24H47NO4. The van der Waals surface area contributed by atoms with Gasteiger partial charge in [-0.1, -0.05) is 97.3 Å². The number of ether oxygens (including phenoxy) is 1. The molecule has 0 spiro atoms. The van der Waals surface area contributed by atoms with Crippen molar-refractivity contribution in [3.8, 4) is 0 Å². The van der Waals surface area contributed by atoms with Gasteiger partial charge in [0.2, 0.25) is 0 Å². The summed E-state index contributed by atoms with van der Waals surface area (Å²) in [5.41, 5.74) is 5.67. The van der Waals surface area contributed by atoms with E-state index < -0.39 is 18.0 Å². The molecule has 5 nitrogen and oxygen atoms in total. The van der Waals surface area contributed by atoms with E-state index in [9.17, 15) is 9.59 Å². The summed E-state index contributed by atoms with van der Waals surface area (Å²) >= 11 is 0. The van der Waals surface area contributed by atoms with Crippen LogP contribution in [0.4, 0.5) is 0 Å². The van der Waals surface area contributed by atoms with Crippen LogP contribution in [0.1, 0.15) is 129 Å². The summed E-state index contributed by atoms with van der Waals surface area (Å²) in [6.07, 6.45) is 19.8. The van der Waals surface area contributed by atoms with Crippen molar-refractivity contribution in [2.24, 2.45) is 5.73 Å². The van der Waals surface area contributed by atoms with Crippen LogP contribution in [0, 0.1) is 0 Å². The third kappa shape index (κ3) is 18.7. The molecule has 5 heteroatoms. The number of carbonyl (C=O) groups is 2. The van der Waals surface area contributed by atoms with Crippen molar-refractivity contribution >= 4 is 11.9 Å². The number of nitrogens with two attached hydrogens (primary N) is 1. The highest BCUT2D eigenvalue weighted by Gasteiger charge is 2.22. The Morgan fingerprint density at radius 3 is 1.48 bits per heavy atom. The molecule has 0 saturated heterocycles. The van der Waals surface area contributed by atoms with Crippen molar-refractivity contribution in [3.05, 3.63) is 0 Å². The van der Waals surface area contributed by atoms with Gasteiger partial charge in [-0.05, 0) is 25.7 Å². The zero-order chi connectivity index (χ0) is 21.7. The molecule has 0 saturated carbocycles. The van der Waals surface area contributed by atoms with E-state index in [4.69, 9.17) is 15.6 Å². The Balaban J connectivity index is 4.13. The van der Waals surface area contributed by atoms with E-state index in [2.05, 4.69) is 13.8 Å². The van der Waals surface area contributed by atoms with E-state index in [0.29, 0.717) is 0 Å². The van der Waals surface area contributed by atoms with Crippen LogP contribution in [0.25, 0.3) is 0 Å². The number of carboxylic acid groups (broad SMARTS) is 1. The minimum atomic E-state index is -1.07. The average molecular weight is 414 g/mol. The van der Waals surface area contributed by atoms with Gasteiger partial charge in [-0.15, -0.1) is 0 Å². The van der Waals surface area contributed by atoms with E-state index in [0.717, 1.165) is 32.1 Å². The van der Waals surface area contributed by atoms with Crippen LogP contribution in [0.15, 0.2) is 0 Å². The van der Waals surface area contributed by atoms with E-state index >= 15 is 0 Å². The Morgan fingerprint density at radius 1 is 0.724 bits per heavy atom. The number of carbonyl (C=O) groups excluding carboxylic acids is 1. The molecule has 3 N–H and O–H groups in total. The number of carboxylic acids is 1. The Hall–Kier alpha value is -1.10. The van der Waals surface area contributed by atoms with Gasteiger partial charge in [-0.25, -0.2) is 0 Å². The summed E-state index contributed by atoms with van der Waals surface area (Å²) in [6, 6.07) is -1.07. The molecule has 0 rings (SSSR count). The van der Waals surface area contributed by atoms with Gasteiger partial charge in [0.1, 0.15) is 12.1 Å². The maximum Gasteiger partial charge on any atom is 0.323 e. The summed E-state index contributed by atoms with van der Waals surface area (Å²) in [4.78, 5) is 22.9. The molecule has 0 radical (unpaired) electrons. The Kier molecular flexibility index (Phi) is 19.4. The second-order valence-electron chi connectivity index (χ2n) is 8.44. The molecule has 0 aliphatic rings. The van der Waals surface area contributed by atoms with E-state index in [1.165, 1.54) is 77.0 Å². The number of unbranched alkanes of at least 4 members (excludes halogenated alkanes) is 13. The monoisotopic (exact) mass is 413 g/mol. The number of hydrogen-bond acceptors (Lipinski definition) is 4. The number of esters is 1. The summed E-state index contributed by atoms with van der Waals surface area (Å²) < 4.78 is 5.59. The number of aliphatic carboxylic acids is 1. The molecule has 0 amide bonds. The Labute approximate surface area is 179 Å². The molecule has 0 heterocycles. The topological polar surface area (TPSA) is 89.6 Å². The lowest BCUT2D eigenvalue weighted by Gasteiger charge is -2.20. The molecule has 0 aromatic rings. The standard InChI is InChI=1S/C24H47NO4/c1-3-5-7-9-11-12-13-15-17-19-21(18-16-14-10-8-6-4-2)29-24(28)22(25)20-23(26)27/h21-22H,3-20,25H2,1-2H3,(H,26,27)/t21?,22-/m0/s1. The molecule has 0 bridgehead atoms. The van der Waals surface area contributed by atoms with Gasteiger partial charge in [-0.3, -0.25) is 9.59 Å². The lowest BCUT2D eigenvalue weighted by Crippen LogP contribution is -2.36. The lowest BCUT2D eigenvalue weighted by molar-refractivity contribution is -0.154. The van der Waals surface area contributed by atoms with Gasteiger partial charge in [0.15, 0.2) is 0 Å². The second-order valence-corrected chi connectivity index (χ2v) is 8.44. The smallest absolute Gasteiger partial charge is 0.323 e. The minimum absolute atomic E-state index is 0.127. The van der Waals surface area contributed by atoms with Gasteiger partial charge in [0.05, 0.1) is 6.42 Å². The predicted octanol–water partition coefficient (Wildman–Crippen LogP) is 6.37. The summed E-state index contributed by atoms with van der Waals surface area (Å²) in [6.45, 7) is 4.45. The van der Waals surface area contributed by atoms with Crippen LogP contribution in [0.2, 0.25) is 0 Å². The first-order valence-corrected chi connectivity index (χ1v) is 12.2. The van der Waals surface area contributed by atoms with Crippen LogP contribution in [0.5, 0.6) is 0 Å². The van der Waals surface area contributed by atoms with Crippen molar-refractivity contribution < 1.29 is 19.4 Å². The third-order valence-corrected chi connectivity index (χ3v) is 5.49. The van der Waals surface area contributed by atoms with Crippen molar-refractivity contribution in [1.82, 2.24) is 0 Å². The minimum Gasteiger partial charge on any atom is -0.481 e. The first kappa shape index (κ1) is 27.9. The van der Waals surface area contributed by atoms with Crippen LogP contribution in [0.3, 0.4) is 0 Å². The SMILES string of the molecule is CCCCCCCCCCCC(CCCCCCCC)OC(=O)[C@@H](N)CC(=O)O. The Bertz CT molecular complexity index is 400. The number of hydrogen-bond donors (Lipinski definition) is 2. The van der Waals surface area contributed by atoms with E-state index in [-0.39, 0.29) is 12.5 Å². The fourth-order valence-corrected chi connectivity index (χ4v) is 3.62. The van der Waals surface area contributed by atoms with Gasteiger partial charge in [-0.2, -0.15) is 0 Å². The molecule has 29 heavy (non-hydrogen) atoms. The van der Waals surface area contributed by atoms with Crippen LogP contribution in [-0.4, -0.2) is 29.2 Å². The van der Waals surface area contributed by atoms with E-state index in [1.807, 2.05) is 0 Å². The third-order valence-electron chi connectivity index (χ3n) is 5.49. The van der Waals surface area contributed by atoms with Crippen molar-refractivity contribution in [2.75, 3.05) is 0 Å². The molecule has 172 valence electrons. The Morgan fingerprint density at radius 2 is 1.10 bits per heavy atom. The molecule has 1 unspecified atom stereocenters. The van der Waals surface area contributed by atoms with E-state index in [1.54, 1.807) is 0 Å².